The van der Waals surface area contributed by atoms with Crippen LogP contribution in [-0.2, 0) is 14.8 Å². The van der Waals surface area contributed by atoms with E-state index < -0.39 is 21.8 Å². The van der Waals surface area contributed by atoms with Crippen LogP contribution in [0.5, 0.6) is 0 Å². The molecule has 1 aromatic carbocycles. The molecule has 7 heteroatoms. The number of nitrogen functional groups attached to an aromatic ring is 1. The van der Waals surface area contributed by atoms with Crippen molar-refractivity contribution in [2.45, 2.75) is 4.90 Å². The molecule has 0 radical (unpaired) electrons. The van der Waals surface area contributed by atoms with E-state index in [0.29, 0.717) is 9.99 Å². The van der Waals surface area contributed by atoms with E-state index in [1.807, 2.05) is 0 Å². The third-order valence-electron chi connectivity index (χ3n) is 1.98. The first-order chi connectivity index (χ1) is 7.39. The van der Waals surface area contributed by atoms with Gasteiger partial charge in [-0.25, -0.2) is 12.7 Å². The summed E-state index contributed by atoms with van der Waals surface area (Å²) in [6, 6.07) is 5.71. The van der Waals surface area contributed by atoms with Gasteiger partial charge in [0.2, 0.25) is 0 Å². The first-order valence-corrected chi connectivity index (χ1v) is 6.30. The molecule has 0 atom stereocenters. The van der Waals surface area contributed by atoms with Crippen molar-refractivity contribution in [1.29, 1.82) is 0 Å². The van der Waals surface area contributed by atoms with Gasteiger partial charge < -0.3 is 5.73 Å². The number of nitrogens with two attached hydrogens (primary N) is 1. The van der Waals surface area contributed by atoms with E-state index in [-0.39, 0.29) is 4.90 Å². The molecule has 0 bridgehead atoms. The first kappa shape index (κ1) is 12.8. The van der Waals surface area contributed by atoms with Crippen molar-refractivity contribution < 1.29 is 13.2 Å². The molecule has 1 rings (SSSR count). The van der Waals surface area contributed by atoms with Crippen LogP contribution < -0.4 is 5.73 Å². The van der Waals surface area contributed by atoms with Crippen molar-refractivity contribution >= 4 is 33.2 Å². The standard InChI is InChI=1S/C9H11ClN2O3S/c1-12(9(13)6-10)16(14,15)8-4-2-3-7(11)5-8/h2-5H,6,11H2,1H3. The lowest BCUT2D eigenvalue weighted by atomic mass is 10.3. The zero-order valence-corrected chi connectivity index (χ0v) is 10.1. The molecule has 0 fully saturated rings. The lowest BCUT2D eigenvalue weighted by Crippen LogP contribution is -2.34. The second kappa shape index (κ2) is 4.71. The van der Waals surface area contributed by atoms with Gasteiger partial charge in [-0.15, -0.1) is 11.6 Å². The lowest BCUT2D eigenvalue weighted by Gasteiger charge is -2.16. The van der Waals surface area contributed by atoms with Crippen LogP contribution in [0.3, 0.4) is 0 Å². The fourth-order valence-electron chi connectivity index (χ4n) is 1.05. The monoisotopic (exact) mass is 262 g/mol. The van der Waals surface area contributed by atoms with Crippen molar-refractivity contribution in [3.05, 3.63) is 24.3 Å². The first-order valence-electron chi connectivity index (χ1n) is 4.33. The zero-order valence-electron chi connectivity index (χ0n) is 8.55. The number of rotatable bonds is 3. The Morgan fingerprint density at radius 2 is 2.12 bits per heavy atom. The average molecular weight is 263 g/mol. The van der Waals surface area contributed by atoms with Crippen molar-refractivity contribution in [2.24, 2.45) is 0 Å². The molecule has 0 spiro atoms. The molecule has 16 heavy (non-hydrogen) atoms. The van der Waals surface area contributed by atoms with Crippen LogP contribution in [0.1, 0.15) is 0 Å². The predicted octanol–water partition coefficient (Wildman–Crippen LogP) is 0.655. The summed E-state index contributed by atoms with van der Waals surface area (Å²) in [6.45, 7) is 0. The predicted molar refractivity (Wildman–Crippen MR) is 61.5 cm³/mol. The summed E-state index contributed by atoms with van der Waals surface area (Å²) >= 11 is 5.29. The van der Waals surface area contributed by atoms with Gasteiger partial charge in [0.15, 0.2) is 0 Å². The minimum atomic E-state index is -3.85. The number of amides is 1. The molecule has 2 N–H and O–H groups in total. The molecule has 0 saturated heterocycles. The Labute approximate surface area is 98.9 Å². The molecule has 0 heterocycles. The molecule has 0 aromatic heterocycles. The Balaban J connectivity index is 3.17. The van der Waals surface area contributed by atoms with Crippen LogP contribution in [0.4, 0.5) is 5.69 Å². The number of carbonyl (C=O) groups excluding carboxylic acids is 1. The van der Waals surface area contributed by atoms with Crippen LogP contribution in [0, 0.1) is 0 Å². The van der Waals surface area contributed by atoms with Gasteiger partial charge in [0.25, 0.3) is 15.9 Å². The van der Waals surface area contributed by atoms with E-state index in [1.54, 1.807) is 6.07 Å². The smallest absolute Gasteiger partial charge is 0.266 e. The second-order valence-corrected chi connectivity index (χ2v) is 5.31. The molecule has 0 aliphatic carbocycles. The SMILES string of the molecule is CN(C(=O)CCl)S(=O)(=O)c1cccc(N)c1. The Hall–Kier alpha value is -1.27. The summed E-state index contributed by atoms with van der Waals surface area (Å²) in [4.78, 5) is 11.2. The quantitative estimate of drug-likeness (QED) is 0.641. The molecular formula is C9H11ClN2O3S. The van der Waals surface area contributed by atoms with Gasteiger partial charge in [-0.3, -0.25) is 4.79 Å². The van der Waals surface area contributed by atoms with E-state index in [9.17, 15) is 13.2 Å². The van der Waals surface area contributed by atoms with Gasteiger partial charge >= 0.3 is 0 Å². The lowest BCUT2D eigenvalue weighted by molar-refractivity contribution is -0.123. The summed E-state index contributed by atoms with van der Waals surface area (Å²) in [7, 11) is -2.70. The Bertz CT molecular complexity index is 501. The number of benzene rings is 1. The van der Waals surface area contributed by atoms with Crippen molar-refractivity contribution in [2.75, 3.05) is 18.7 Å². The average Bonchev–Trinajstić information content (AvgIpc) is 2.27. The van der Waals surface area contributed by atoms with Gasteiger partial charge in [-0.2, -0.15) is 0 Å². The van der Waals surface area contributed by atoms with E-state index in [4.69, 9.17) is 17.3 Å². The van der Waals surface area contributed by atoms with E-state index in [2.05, 4.69) is 0 Å². The highest BCUT2D eigenvalue weighted by Gasteiger charge is 2.24. The third kappa shape index (κ3) is 2.45. The number of hydrogen-bond donors (Lipinski definition) is 1. The summed E-state index contributed by atoms with van der Waals surface area (Å²) < 4.78 is 24.4. The van der Waals surface area contributed by atoms with Gasteiger partial charge in [0.1, 0.15) is 5.88 Å². The molecular weight excluding hydrogens is 252 g/mol. The summed E-state index contributed by atoms with van der Waals surface area (Å²) in [5.74, 6) is -1.08. The van der Waals surface area contributed by atoms with Crippen LogP contribution >= 0.6 is 11.6 Å². The third-order valence-corrected chi connectivity index (χ3v) is 3.99. The maximum atomic E-state index is 11.9. The number of anilines is 1. The van der Waals surface area contributed by atoms with Gasteiger partial charge in [0, 0.05) is 12.7 Å². The zero-order chi connectivity index (χ0) is 12.3. The van der Waals surface area contributed by atoms with E-state index >= 15 is 0 Å². The fraction of sp³-hybridized carbons (Fsp3) is 0.222. The Morgan fingerprint density at radius 1 is 1.50 bits per heavy atom. The highest BCUT2D eigenvalue weighted by Crippen LogP contribution is 2.17. The highest BCUT2D eigenvalue weighted by atomic mass is 35.5. The summed E-state index contributed by atoms with van der Waals surface area (Å²) in [6.07, 6.45) is 0. The van der Waals surface area contributed by atoms with Gasteiger partial charge in [-0.05, 0) is 18.2 Å². The van der Waals surface area contributed by atoms with Crippen molar-refractivity contribution in [3.63, 3.8) is 0 Å². The summed E-state index contributed by atoms with van der Waals surface area (Å²) in [5, 5.41) is 0. The Kier molecular flexibility index (Phi) is 3.77. The minimum Gasteiger partial charge on any atom is -0.399 e. The van der Waals surface area contributed by atoms with E-state index in [0.717, 1.165) is 7.05 Å². The molecule has 0 saturated carbocycles. The number of hydrogen-bond acceptors (Lipinski definition) is 4. The van der Waals surface area contributed by atoms with Crippen LogP contribution in [0.15, 0.2) is 29.2 Å². The number of carbonyl (C=O) groups is 1. The second-order valence-electron chi connectivity index (χ2n) is 3.07. The maximum Gasteiger partial charge on any atom is 0.266 e. The number of nitrogens with zero attached hydrogens (tertiary/aromatic N) is 1. The summed E-state index contributed by atoms with van der Waals surface area (Å²) in [5.41, 5.74) is 5.78. The maximum absolute atomic E-state index is 11.9. The minimum absolute atomic E-state index is 0.0338. The van der Waals surface area contributed by atoms with E-state index in [1.165, 1.54) is 18.2 Å². The number of sulfonamides is 1. The number of halogens is 1. The Morgan fingerprint density at radius 3 is 2.62 bits per heavy atom. The van der Waals surface area contributed by atoms with Gasteiger partial charge in [-0.1, -0.05) is 6.07 Å². The fourth-order valence-corrected chi connectivity index (χ4v) is 2.49. The highest BCUT2D eigenvalue weighted by molar-refractivity contribution is 7.89. The molecule has 0 aliphatic heterocycles. The van der Waals surface area contributed by atoms with Gasteiger partial charge in [0.05, 0.1) is 4.90 Å². The van der Waals surface area contributed by atoms with Crippen LogP contribution in [-0.4, -0.2) is 31.6 Å². The number of alkyl halides is 1. The largest absolute Gasteiger partial charge is 0.399 e. The topological polar surface area (TPSA) is 80.5 Å². The van der Waals surface area contributed by atoms with Crippen LogP contribution in [0.25, 0.3) is 0 Å². The normalized spacial score (nSPS) is 11.1. The molecule has 1 aromatic rings. The molecule has 0 aliphatic rings. The molecule has 88 valence electrons. The molecule has 1 amide bonds. The van der Waals surface area contributed by atoms with Crippen molar-refractivity contribution in [1.82, 2.24) is 4.31 Å². The molecule has 0 unspecified atom stereocenters. The molecule has 5 nitrogen and oxygen atoms in total. The van der Waals surface area contributed by atoms with Crippen molar-refractivity contribution in [3.8, 4) is 0 Å². The van der Waals surface area contributed by atoms with Crippen LogP contribution in [0.2, 0.25) is 0 Å².